The lowest BCUT2D eigenvalue weighted by atomic mass is 9.94. The van der Waals surface area contributed by atoms with E-state index in [0.717, 1.165) is 41.7 Å². The lowest BCUT2D eigenvalue weighted by Crippen LogP contribution is -2.40. The van der Waals surface area contributed by atoms with Crippen LogP contribution in [0.5, 0.6) is 0 Å². The number of oxazole rings is 1. The first-order chi connectivity index (χ1) is 13.8. The summed E-state index contributed by atoms with van der Waals surface area (Å²) in [5.74, 6) is 1.45. The number of nitrogens with one attached hydrogen (secondary N) is 2. The fourth-order valence-corrected chi connectivity index (χ4v) is 4.14. The minimum Gasteiger partial charge on any atom is -0.444 e. The minimum absolute atomic E-state index is 0.543. The molecule has 1 aliphatic carbocycles. The standard InChI is InChI=1S/C23H30N4O/c1-2-18(26-19-9-4-3-5-10-19)12-13-24-22-20(23-25-14-15-28-23)16-17-8-6-7-11-21(17)27-22/h6-8,11,14-16,18-19,26H,2-5,9-10,12-13H2,1H3,(H,24,27). The molecule has 1 unspecified atom stereocenters. The summed E-state index contributed by atoms with van der Waals surface area (Å²) in [6.07, 6.45) is 12.3. The van der Waals surface area contributed by atoms with Gasteiger partial charge in [-0.25, -0.2) is 9.97 Å². The summed E-state index contributed by atoms with van der Waals surface area (Å²) >= 11 is 0. The van der Waals surface area contributed by atoms with Gasteiger partial charge in [0, 0.05) is 24.0 Å². The summed E-state index contributed by atoms with van der Waals surface area (Å²) in [5, 5.41) is 8.51. The zero-order valence-electron chi connectivity index (χ0n) is 16.7. The Balaban J connectivity index is 1.45. The van der Waals surface area contributed by atoms with Crippen molar-refractivity contribution in [3.63, 3.8) is 0 Å². The van der Waals surface area contributed by atoms with Crippen LogP contribution in [0.4, 0.5) is 5.82 Å². The second kappa shape index (κ2) is 9.20. The molecule has 0 radical (unpaired) electrons. The number of aromatic nitrogens is 2. The lowest BCUT2D eigenvalue weighted by Gasteiger charge is -2.28. The average Bonchev–Trinajstić information content (AvgIpc) is 3.28. The Kier molecular flexibility index (Phi) is 6.22. The molecular weight excluding hydrogens is 348 g/mol. The van der Waals surface area contributed by atoms with Crippen LogP contribution >= 0.6 is 0 Å². The third-order valence-corrected chi connectivity index (χ3v) is 5.74. The summed E-state index contributed by atoms with van der Waals surface area (Å²) in [4.78, 5) is 9.17. The zero-order valence-corrected chi connectivity index (χ0v) is 16.7. The topological polar surface area (TPSA) is 63.0 Å². The van der Waals surface area contributed by atoms with E-state index in [1.165, 1.54) is 32.1 Å². The highest BCUT2D eigenvalue weighted by Crippen LogP contribution is 2.29. The zero-order chi connectivity index (χ0) is 19.2. The van der Waals surface area contributed by atoms with Crippen molar-refractivity contribution in [1.29, 1.82) is 0 Å². The monoisotopic (exact) mass is 378 g/mol. The molecule has 0 amide bonds. The number of para-hydroxylation sites is 1. The van der Waals surface area contributed by atoms with Gasteiger partial charge in [0.25, 0.3) is 0 Å². The van der Waals surface area contributed by atoms with Crippen LogP contribution in [0.1, 0.15) is 51.9 Å². The van der Waals surface area contributed by atoms with E-state index in [1.807, 2.05) is 18.2 Å². The highest BCUT2D eigenvalue weighted by atomic mass is 16.3. The van der Waals surface area contributed by atoms with Gasteiger partial charge in [-0.1, -0.05) is 44.4 Å². The number of fused-ring (bicyclic) bond motifs is 1. The van der Waals surface area contributed by atoms with E-state index in [9.17, 15) is 0 Å². The summed E-state index contributed by atoms with van der Waals surface area (Å²) in [7, 11) is 0. The van der Waals surface area contributed by atoms with Crippen molar-refractivity contribution in [2.75, 3.05) is 11.9 Å². The SMILES string of the molecule is CCC(CCNc1nc2ccccc2cc1-c1ncco1)NC1CCCCC1. The molecule has 0 aliphatic heterocycles. The van der Waals surface area contributed by atoms with Crippen molar-refractivity contribution in [3.8, 4) is 11.5 Å². The maximum Gasteiger partial charge on any atom is 0.229 e. The number of hydrogen-bond acceptors (Lipinski definition) is 5. The Morgan fingerprint density at radius 1 is 1.18 bits per heavy atom. The maximum absolute atomic E-state index is 5.55. The fraction of sp³-hybridized carbons (Fsp3) is 0.478. The van der Waals surface area contributed by atoms with Crippen LogP contribution in [0.3, 0.4) is 0 Å². The van der Waals surface area contributed by atoms with Crippen molar-refractivity contribution in [2.24, 2.45) is 0 Å². The fourth-order valence-electron chi connectivity index (χ4n) is 4.14. The maximum atomic E-state index is 5.55. The molecule has 1 aliphatic rings. The first-order valence-electron chi connectivity index (χ1n) is 10.6. The van der Waals surface area contributed by atoms with Crippen LogP contribution in [-0.4, -0.2) is 28.6 Å². The van der Waals surface area contributed by atoms with Crippen molar-refractivity contribution in [1.82, 2.24) is 15.3 Å². The van der Waals surface area contributed by atoms with E-state index in [4.69, 9.17) is 9.40 Å². The predicted octanol–water partition coefficient (Wildman–Crippen LogP) is 5.39. The third-order valence-electron chi connectivity index (χ3n) is 5.74. The molecule has 5 heteroatoms. The van der Waals surface area contributed by atoms with Crippen LogP contribution in [0.25, 0.3) is 22.4 Å². The molecule has 0 spiro atoms. The molecule has 28 heavy (non-hydrogen) atoms. The van der Waals surface area contributed by atoms with E-state index < -0.39 is 0 Å². The van der Waals surface area contributed by atoms with Gasteiger partial charge in [0.15, 0.2) is 0 Å². The molecule has 148 valence electrons. The molecule has 1 saturated carbocycles. The summed E-state index contributed by atoms with van der Waals surface area (Å²) < 4.78 is 5.55. The molecule has 2 aromatic heterocycles. The Bertz CT molecular complexity index is 871. The van der Waals surface area contributed by atoms with Crippen LogP contribution < -0.4 is 10.6 Å². The Hall–Kier alpha value is -2.40. The van der Waals surface area contributed by atoms with Gasteiger partial charge >= 0.3 is 0 Å². The molecule has 0 bridgehead atoms. The number of benzene rings is 1. The van der Waals surface area contributed by atoms with E-state index in [-0.39, 0.29) is 0 Å². The molecule has 4 rings (SSSR count). The van der Waals surface area contributed by atoms with Gasteiger partial charge in [0.05, 0.1) is 17.3 Å². The molecule has 5 nitrogen and oxygen atoms in total. The molecule has 0 saturated heterocycles. The van der Waals surface area contributed by atoms with Gasteiger partial charge < -0.3 is 15.1 Å². The molecule has 1 atom stereocenters. The smallest absolute Gasteiger partial charge is 0.229 e. The molecular formula is C23H30N4O. The van der Waals surface area contributed by atoms with E-state index in [0.29, 0.717) is 18.0 Å². The highest BCUT2D eigenvalue weighted by Gasteiger charge is 2.17. The Morgan fingerprint density at radius 3 is 2.82 bits per heavy atom. The van der Waals surface area contributed by atoms with Gasteiger partial charge in [-0.05, 0) is 37.8 Å². The Morgan fingerprint density at radius 2 is 2.04 bits per heavy atom. The van der Waals surface area contributed by atoms with Crippen LogP contribution in [0, 0.1) is 0 Å². The normalized spacial score (nSPS) is 16.3. The summed E-state index contributed by atoms with van der Waals surface area (Å²) in [6, 6.07) is 11.5. The molecule has 1 aromatic carbocycles. The quantitative estimate of drug-likeness (QED) is 0.550. The lowest BCUT2D eigenvalue weighted by molar-refractivity contribution is 0.325. The van der Waals surface area contributed by atoms with E-state index in [2.05, 4.69) is 34.7 Å². The largest absolute Gasteiger partial charge is 0.444 e. The van der Waals surface area contributed by atoms with Crippen molar-refractivity contribution in [3.05, 3.63) is 42.8 Å². The van der Waals surface area contributed by atoms with Gasteiger partial charge in [-0.2, -0.15) is 0 Å². The second-order valence-corrected chi connectivity index (χ2v) is 7.74. The van der Waals surface area contributed by atoms with Gasteiger partial charge in [-0.15, -0.1) is 0 Å². The van der Waals surface area contributed by atoms with Gasteiger partial charge in [-0.3, -0.25) is 0 Å². The highest BCUT2D eigenvalue weighted by molar-refractivity contribution is 5.87. The average molecular weight is 379 g/mol. The minimum atomic E-state index is 0.543. The summed E-state index contributed by atoms with van der Waals surface area (Å²) in [6.45, 7) is 3.14. The Labute approximate surface area is 167 Å². The van der Waals surface area contributed by atoms with E-state index in [1.54, 1.807) is 12.5 Å². The number of anilines is 1. The van der Waals surface area contributed by atoms with Crippen LogP contribution in [-0.2, 0) is 0 Å². The molecule has 3 aromatic rings. The van der Waals surface area contributed by atoms with E-state index >= 15 is 0 Å². The van der Waals surface area contributed by atoms with Crippen LogP contribution in [0.2, 0.25) is 0 Å². The molecule has 2 N–H and O–H groups in total. The second-order valence-electron chi connectivity index (χ2n) is 7.74. The first-order valence-corrected chi connectivity index (χ1v) is 10.6. The third kappa shape index (κ3) is 4.53. The van der Waals surface area contributed by atoms with Crippen molar-refractivity contribution < 1.29 is 4.42 Å². The van der Waals surface area contributed by atoms with Crippen molar-refractivity contribution in [2.45, 2.75) is 64.0 Å². The van der Waals surface area contributed by atoms with Crippen LogP contribution in [0.15, 0.2) is 47.2 Å². The number of rotatable bonds is 8. The van der Waals surface area contributed by atoms with Crippen molar-refractivity contribution >= 4 is 16.7 Å². The predicted molar refractivity (Wildman–Crippen MR) is 114 cm³/mol. The number of nitrogens with zero attached hydrogens (tertiary/aromatic N) is 2. The number of hydrogen-bond donors (Lipinski definition) is 2. The molecule has 1 fully saturated rings. The first kappa shape index (κ1) is 18.9. The number of pyridine rings is 1. The van der Waals surface area contributed by atoms with Gasteiger partial charge in [0.1, 0.15) is 12.1 Å². The van der Waals surface area contributed by atoms with Gasteiger partial charge in [0.2, 0.25) is 5.89 Å². The summed E-state index contributed by atoms with van der Waals surface area (Å²) in [5.41, 5.74) is 1.89. The molecule has 2 heterocycles.